The highest BCUT2D eigenvalue weighted by molar-refractivity contribution is 9.10. The molecule has 2 amide bonds. The number of hydrogen-bond acceptors (Lipinski definition) is 3. The molecule has 2 aromatic rings. The maximum absolute atomic E-state index is 13.1. The highest BCUT2D eigenvalue weighted by atomic mass is 79.9. The number of rotatable bonds is 11. The van der Waals surface area contributed by atoms with E-state index in [-0.39, 0.29) is 18.4 Å². The summed E-state index contributed by atoms with van der Waals surface area (Å²) in [6.07, 6.45) is 2.15. The topological polar surface area (TPSA) is 58.6 Å². The fraction of sp³-hybridized carbons (Fsp3) is 0.417. The third-order valence-electron chi connectivity index (χ3n) is 4.98. The Morgan fingerprint density at radius 2 is 1.80 bits per heavy atom. The number of benzene rings is 2. The van der Waals surface area contributed by atoms with Crippen LogP contribution in [0.15, 0.2) is 53.0 Å². The Hall–Kier alpha value is -2.34. The van der Waals surface area contributed by atoms with Gasteiger partial charge in [-0.15, -0.1) is 0 Å². The molecule has 0 fully saturated rings. The number of amides is 2. The van der Waals surface area contributed by atoms with Crippen molar-refractivity contribution in [2.24, 2.45) is 0 Å². The number of halogens is 1. The van der Waals surface area contributed by atoms with Gasteiger partial charge in [-0.1, -0.05) is 50.2 Å². The quantitative estimate of drug-likeness (QED) is 0.525. The molecule has 5 nitrogen and oxygen atoms in total. The van der Waals surface area contributed by atoms with Gasteiger partial charge in [0.1, 0.15) is 11.8 Å². The molecule has 2 rings (SSSR count). The van der Waals surface area contributed by atoms with Crippen LogP contribution in [0.2, 0.25) is 0 Å². The van der Waals surface area contributed by atoms with E-state index in [2.05, 4.69) is 28.2 Å². The van der Waals surface area contributed by atoms with Crippen LogP contribution in [0.3, 0.4) is 0 Å². The maximum atomic E-state index is 13.1. The molecule has 1 N–H and O–H groups in total. The van der Waals surface area contributed by atoms with Crippen LogP contribution in [0.5, 0.6) is 5.75 Å². The average Bonchev–Trinajstić information content (AvgIpc) is 2.76. The van der Waals surface area contributed by atoms with Gasteiger partial charge in [-0.2, -0.15) is 0 Å². The number of carbonyl (C=O) groups is 2. The summed E-state index contributed by atoms with van der Waals surface area (Å²) < 4.78 is 6.62. The van der Waals surface area contributed by atoms with Gasteiger partial charge in [-0.3, -0.25) is 9.59 Å². The van der Waals surface area contributed by atoms with E-state index in [1.54, 1.807) is 4.90 Å². The molecule has 1 unspecified atom stereocenters. The van der Waals surface area contributed by atoms with Gasteiger partial charge in [-0.05, 0) is 65.4 Å². The van der Waals surface area contributed by atoms with Gasteiger partial charge in [0.05, 0.1) is 4.47 Å². The second kappa shape index (κ2) is 12.4. The van der Waals surface area contributed by atoms with E-state index < -0.39 is 6.04 Å². The molecule has 0 saturated carbocycles. The molecule has 162 valence electrons. The van der Waals surface area contributed by atoms with Crippen LogP contribution in [0.4, 0.5) is 0 Å². The molecule has 0 saturated heterocycles. The first-order valence-electron chi connectivity index (χ1n) is 10.5. The van der Waals surface area contributed by atoms with Crippen molar-refractivity contribution < 1.29 is 14.3 Å². The number of ether oxygens (including phenoxy) is 1. The zero-order valence-corrected chi connectivity index (χ0v) is 19.6. The minimum atomic E-state index is -0.518. The molecule has 0 aliphatic rings. The number of hydrogen-bond donors (Lipinski definition) is 1. The summed E-state index contributed by atoms with van der Waals surface area (Å²) in [4.78, 5) is 27.3. The normalized spacial score (nSPS) is 11.6. The number of nitrogens with zero attached hydrogens (tertiary/aromatic N) is 1. The van der Waals surface area contributed by atoms with Gasteiger partial charge in [-0.25, -0.2) is 0 Å². The monoisotopic (exact) mass is 474 g/mol. The van der Waals surface area contributed by atoms with Crippen molar-refractivity contribution >= 4 is 27.7 Å². The summed E-state index contributed by atoms with van der Waals surface area (Å²) in [6.45, 7) is 6.75. The number of carbonyl (C=O) groups excluding carboxylic acids is 2. The maximum Gasteiger partial charge on any atom is 0.261 e. The second-order valence-corrected chi connectivity index (χ2v) is 7.90. The number of likely N-dealkylation sites (N-methyl/N-ethyl adjacent to an activating group) is 1. The van der Waals surface area contributed by atoms with Crippen LogP contribution >= 0.6 is 15.9 Å². The lowest BCUT2D eigenvalue weighted by Crippen LogP contribution is -2.51. The molecule has 0 radical (unpaired) electrons. The molecular weight excluding hydrogens is 444 g/mol. The van der Waals surface area contributed by atoms with Crippen LogP contribution in [-0.4, -0.2) is 42.5 Å². The molecule has 0 spiro atoms. The molecule has 30 heavy (non-hydrogen) atoms. The second-order valence-electron chi connectivity index (χ2n) is 7.05. The summed E-state index contributed by atoms with van der Waals surface area (Å²) >= 11 is 3.51. The van der Waals surface area contributed by atoms with Gasteiger partial charge in [0.25, 0.3) is 5.91 Å². The van der Waals surface area contributed by atoms with E-state index in [0.29, 0.717) is 31.7 Å². The largest absolute Gasteiger partial charge is 0.483 e. The van der Waals surface area contributed by atoms with Gasteiger partial charge < -0.3 is 15.0 Å². The Balaban J connectivity index is 2.12. The summed E-state index contributed by atoms with van der Waals surface area (Å²) in [5.41, 5.74) is 2.31. The zero-order valence-electron chi connectivity index (χ0n) is 18.0. The molecule has 0 aliphatic carbocycles. The SMILES string of the molecule is CCNC(=O)C(CC)N(CCc1ccccc1)C(=O)COc1ccc(CC)cc1Br. The zero-order chi connectivity index (χ0) is 21.9. The van der Waals surface area contributed by atoms with Gasteiger partial charge >= 0.3 is 0 Å². The van der Waals surface area contributed by atoms with Crippen LogP contribution in [0.25, 0.3) is 0 Å². The first-order chi connectivity index (χ1) is 14.5. The van der Waals surface area contributed by atoms with Gasteiger partial charge in [0, 0.05) is 13.1 Å². The lowest BCUT2D eigenvalue weighted by atomic mass is 10.1. The van der Waals surface area contributed by atoms with E-state index in [4.69, 9.17) is 4.74 Å². The van der Waals surface area contributed by atoms with Crippen molar-refractivity contribution in [2.75, 3.05) is 19.7 Å². The Morgan fingerprint density at radius 1 is 1.07 bits per heavy atom. The fourth-order valence-electron chi connectivity index (χ4n) is 3.29. The van der Waals surface area contributed by atoms with Crippen LogP contribution < -0.4 is 10.1 Å². The molecular formula is C24H31BrN2O3. The van der Waals surface area contributed by atoms with E-state index in [1.807, 2.05) is 62.4 Å². The molecule has 0 aliphatic heterocycles. The van der Waals surface area contributed by atoms with E-state index >= 15 is 0 Å². The molecule has 0 bridgehead atoms. The summed E-state index contributed by atoms with van der Waals surface area (Å²) in [5.74, 6) is 0.292. The molecule has 0 aromatic heterocycles. The Labute approximate surface area is 187 Å². The summed E-state index contributed by atoms with van der Waals surface area (Å²) in [5, 5.41) is 2.84. The summed E-state index contributed by atoms with van der Waals surface area (Å²) in [7, 11) is 0. The minimum Gasteiger partial charge on any atom is -0.483 e. The Bertz CT molecular complexity index is 826. The molecule has 6 heteroatoms. The van der Waals surface area contributed by atoms with E-state index in [0.717, 1.165) is 16.5 Å². The Morgan fingerprint density at radius 3 is 2.40 bits per heavy atom. The third-order valence-corrected chi connectivity index (χ3v) is 5.60. The van der Waals surface area contributed by atoms with Gasteiger partial charge in [0.15, 0.2) is 6.61 Å². The number of nitrogens with one attached hydrogen (secondary N) is 1. The summed E-state index contributed by atoms with van der Waals surface area (Å²) in [6, 6.07) is 15.3. The van der Waals surface area contributed by atoms with Crippen molar-refractivity contribution in [1.82, 2.24) is 10.2 Å². The van der Waals surface area contributed by atoms with Crippen LogP contribution in [0, 0.1) is 0 Å². The van der Waals surface area contributed by atoms with E-state index in [9.17, 15) is 9.59 Å². The first kappa shape index (κ1) is 23.9. The highest BCUT2D eigenvalue weighted by Gasteiger charge is 2.28. The van der Waals surface area contributed by atoms with Crippen LogP contribution in [-0.2, 0) is 22.4 Å². The predicted octanol–water partition coefficient (Wildman–Crippen LogP) is 4.38. The smallest absolute Gasteiger partial charge is 0.261 e. The van der Waals surface area contributed by atoms with Crippen molar-refractivity contribution in [3.63, 3.8) is 0 Å². The highest BCUT2D eigenvalue weighted by Crippen LogP contribution is 2.26. The molecule has 1 atom stereocenters. The van der Waals surface area contributed by atoms with Crippen LogP contribution in [0.1, 0.15) is 38.3 Å². The lowest BCUT2D eigenvalue weighted by Gasteiger charge is -2.30. The average molecular weight is 475 g/mol. The fourth-order valence-corrected chi connectivity index (χ4v) is 3.83. The number of aryl methyl sites for hydroxylation is 1. The Kier molecular flexibility index (Phi) is 9.87. The predicted molar refractivity (Wildman–Crippen MR) is 124 cm³/mol. The molecule has 2 aromatic carbocycles. The minimum absolute atomic E-state index is 0.116. The standard InChI is InChI=1S/C24H31BrN2O3/c1-4-18-12-13-22(20(25)16-18)30-17-23(28)27(21(5-2)24(29)26-6-3)15-14-19-10-8-7-9-11-19/h7-13,16,21H,4-6,14-15,17H2,1-3H3,(H,26,29). The molecule has 0 heterocycles. The van der Waals surface area contributed by atoms with Crippen molar-refractivity contribution in [1.29, 1.82) is 0 Å². The van der Waals surface area contributed by atoms with Crippen molar-refractivity contribution in [3.8, 4) is 5.75 Å². The third kappa shape index (κ3) is 6.87. The van der Waals surface area contributed by atoms with Gasteiger partial charge in [0.2, 0.25) is 5.91 Å². The van der Waals surface area contributed by atoms with Crippen molar-refractivity contribution in [2.45, 2.75) is 46.1 Å². The van der Waals surface area contributed by atoms with E-state index in [1.165, 1.54) is 5.56 Å². The van der Waals surface area contributed by atoms with Crippen molar-refractivity contribution in [3.05, 3.63) is 64.1 Å². The lowest BCUT2D eigenvalue weighted by molar-refractivity contribution is -0.142. The first-order valence-corrected chi connectivity index (χ1v) is 11.3.